The molecule has 2 fully saturated rings. The highest BCUT2D eigenvalue weighted by molar-refractivity contribution is 7.88. The maximum absolute atomic E-state index is 13.8. The molecule has 5 rings (SSSR count). The summed E-state index contributed by atoms with van der Waals surface area (Å²) in [5, 5.41) is 4.12. The molecule has 0 amide bonds. The van der Waals surface area contributed by atoms with Gasteiger partial charge in [0.1, 0.15) is 29.6 Å². The predicted octanol–water partition coefficient (Wildman–Crippen LogP) is 2.83. The fourth-order valence-electron chi connectivity index (χ4n) is 4.76. The van der Waals surface area contributed by atoms with Crippen LogP contribution in [0.4, 0.5) is 18.9 Å². The van der Waals surface area contributed by atoms with Gasteiger partial charge in [-0.2, -0.15) is 14.1 Å². The van der Waals surface area contributed by atoms with Gasteiger partial charge in [-0.15, -0.1) is 0 Å². The average molecular weight is 550 g/mol. The van der Waals surface area contributed by atoms with Crippen molar-refractivity contribution >= 4 is 15.7 Å². The molecule has 1 aliphatic carbocycles. The Kier molecular flexibility index (Phi) is 7.39. The van der Waals surface area contributed by atoms with Crippen LogP contribution >= 0.6 is 0 Å². The molecule has 1 aliphatic heterocycles. The molecular weight excluding hydrogens is 523 g/mol. The first-order valence-electron chi connectivity index (χ1n) is 12.2. The average Bonchev–Trinajstić information content (AvgIpc) is 3.29. The van der Waals surface area contributed by atoms with Crippen LogP contribution in [0.15, 0.2) is 53.7 Å². The monoisotopic (exact) mass is 549 g/mol. The first-order chi connectivity index (χ1) is 18.2. The van der Waals surface area contributed by atoms with Crippen molar-refractivity contribution in [2.75, 3.05) is 31.1 Å². The summed E-state index contributed by atoms with van der Waals surface area (Å²) in [5.74, 6) is -2.02. The number of aromatic nitrogens is 3. The third kappa shape index (κ3) is 5.68. The zero-order valence-corrected chi connectivity index (χ0v) is 21.2. The molecular formula is C25H26F3N5O4S. The summed E-state index contributed by atoms with van der Waals surface area (Å²) < 4.78 is 75.6. The van der Waals surface area contributed by atoms with Crippen molar-refractivity contribution in [3.05, 3.63) is 76.5 Å². The van der Waals surface area contributed by atoms with Gasteiger partial charge in [0.25, 0.3) is 0 Å². The zero-order chi connectivity index (χ0) is 26.9. The van der Waals surface area contributed by atoms with Crippen molar-refractivity contribution in [1.29, 1.82) is 0 Å². The lowest BCUT2D eigenvalue weighted by molar-refractivity contribution is 0.193. The zero-order valence-electron chi connectivity index (χ0n) is 20.3. The van der Waals surface area contributed by atoms with E-state index in [1.807, 2.05) is 0 Å². The predicted molar refractivity (Wildman–Crippen MR) is 134 cm³/mol. The second-order valence-corrected chi connectivity index (χ2v) is 11.3. The van der Waals surface area contributed by atoms with Gasteiger partial charge in [-0.05, 0) is 42.7 Å². The molecule has 0 N–H and O–H groups in total. The van der Waals surface area contributed by atoms with Crippen molar-refractivity contribution in [3.8, 4) is 11.4 Å². The number of alkyl halides is 1. The van der Waals surface area contributed by atoms with Crippen molar-refractivity contribution in [2.24, 2.45) is 0 Å². The minimum atomic E-state index is -3.58. The number of halogens is 3. The molecule has 2 unspecified atom stereocenters. The number of piperazine rings is 1. The second-order valence-electron chi connectivity index (χ2n) is 9.35. The highest BCUT2D eigenvalue weighted by Crippen LogP contribution is 2.31. The number of sulfonamides is 1. The number of rotatable bonds is 7. The molecule has 2 aromatic heterocycles. The van der Waals surface area contributed by atoms with Crippen LogP contribution in [0.25, 0.3) is 5.69 Å². The molecule has 9 nitrogen and oxygen atoms in total. The highest BCUT2D eigenvalue weighted by Gasteiger charge is 2.32. The van der Waals surface area contributed by atoms with E-state index in [-0.39, 0.29) is 49.8 Å². The van der Waals surface area contributed by atoms with Crippen molar-refractivity contribution < 1.29 is 26.3 Å². The second kappa shape index (κ2) is 10.7. The molecule has 38 heavy (non-hydrogen) atoms. The molecule has 13 heteroatoms. The molecule has 0 spiro atoms. The van der Waals surface area contributed by atoms with Crippen LogP contribution < -0.4 is 15.2 Å². The van der Waals surface area contributed by atoms with Crippen LogP contribution in [-0.4, -0.2) is 65.9 Å². The van der Waals surface area contributed by atoms with Gasteiger partial charge in [-0.3, -0.25) is 9.78 Å². The van der Waals surface area contributed by atoms with Gasteiger partial charge >= 0.3 is 5.56 Å². The molecule has 1 aromatic carbocycles. The number of pyridine rings is 1. The Morgan fingerprint density at radius 1 is 1.00 bits per heavy atom. The third-order valence-electron chi connectivity index (χ3n) is 6.68. The van der Waals surface area contributed by atoms with Crippen LogP contribution in [0, 0.1) is 11.6 Å². The van der Waals surface area contributed by atoms with Gasteiger partial charge in [-0.25, -0.2) is 21.6 Å². The molecule has 1 saturated heterocycles. The summed E-state index contributed by atoms with van der Waals surface area (Å²) in [6.07, 6.45) is 3.68. The SMILES string of the molecule is O=c1c(OC2CCC(F)C2)c(N2CCN(S(=O)(=O)Cc3ccncc3)CC2)cnn1-c1cc(F)cc(F)c1. The Hall–Kier alpha value is -3.45. The van der Waals surface area contributed by atoms with Crippen molar-refractivity contribution in [3.63, 3.8) is 0 Å². The summed E-state index contributed by atoms with van der Waals surface area (Å²) in [6.45, 7) is 0.839. The topological polar surface area (TPSA) is 97.6 Å². The molecule has 0 bridgehead atoms. The van der Waals surface area contributed by atoms with E-state index in [2.05, 4.69) is 10.1 Å². The van der Waals surface area contributed by atoms with Gasteiger partial charge in [0.05, 0.1) is 17.6 Å². The number of ether oxygens (including phenoxy) is 1. The van der Waals surface area contributed by atoms with Gasteiger partial charge in [-0.1, -0.05) is 0 Å². The summed E-state index contributed by atoms with van der Waals surface area (Å²) in [6, 6.07) is 5.92. The summed E-state index contributed by atoms with van der Waals surface area (Å²) in [5.41, 5.74) is 0.0762. The van der Waals surface area contributed by atoms with E-state index in [4.69, 9.17) is 4.74 Å². The lowest BCUT2D eigenvalue weighted by atomic mass is 10.2. The van der Waals surface area contributed by atoms with Gasteiger partial charge in [0.15, 0.2) is 0 Å². The van der Waals surface area contributed by atoms with Crippen LogP contribution in [0.1, 0.15) is 24.8 Å². The first-order valence-corrected chi connectivity index (χ1v) is 13.8. The Labute approximate surface area is 217 Å². The molecule has 2 atom stereocenters. The molecule has 3 aromatic rings. The quantitative estimate of drug-likeness (QED) is 0.447. The Morgan fingerprint density at radius 2 is 1.68 bits per heavy atom. The Bertz CT molecular complexity index is 1440. The van der Waals surface area contributed by atoms with Crippen LogP contribution in [0.2, 0.25) is 0 Å². The van der Waals surface area contributed by atoms with E-state index in [1.165, 1.54) is 22.9 Å². The first kappa shape index (κ1) is 26.2. The molecule has 2 aliphatic rings. The smallest absolute Gasteiger partial charge is 0.316 e. The number of hydrogen-bond donors (Lipinski definition) is 0. The van der Waals surface area contributed by atoms with E-state index < -0.39 is 39.5 Å². The van der Waals surface area contributed by atoms with Gasteiger partial charge < -0.3 is 9.64 Å². The standard InChI is InChI=1S/C25H26F3N5O4S/c26-18-1-2-22(14-18)37-24-23(15-30-33(25(24)34)21-12-19(27)11-20(28)13-21)31-7-9-32(10-8-31)38(35,36)16-17-3-5-29-6-4-17/h3-6,11-13,15,18,22H,1-2,7-10,14,16H2. The largest absolute Gasteiger partial charge is 0.483 e. The van der Waals surface area contributed by atoms with Crippen LogP contribution in [0.3, 0.4) is 0 Å². The molecule has 202 valence electrons. The van der Waals surface area contributed by atoms with Gasteiger partial charge in [0, 0.05) is 51.1 Å². The number of anilines is 1. The lowest BCUT2D eigenvalue weighted by Gasteiger charge is -2.36. The maximum atomic E-state index is 13.8. The lowest BCUT2D eigenvalue weighted by Crippen LogP contribution is -2.49. The summed E-state index contributed by atoms with van der Waals surface area (Å²) in [7, 11) is -3.58. The fourth-order valence-corrected chi connectivity index (χ4v) is 6.28. The number of nitrogens with zero attached hydrogens (tertiary/aromatic N) is 5. The highest BCUT2D eigenvalue weighted by atomic mass is 32.2. The van der Waals surface area contributed by atoms with E-state index in [9.17, 15) is 26.4 Å². The van der Waals surface area contributed by atoms with Crippen LogP contribution in [-0.2, 0) is 15.8 Å². The maximum Gasteiger partial charge on any atom is 0.316 e. The third-order valence-corrected chi connectivity index (χ3v) is 8.53. The molecule has 0 radical (unpaired) electrons. The summed E-state index contributed by atoms with van der Waals surface area (Å²) in [4.78, 5) is 19.1. The number of hydrogen-bond acceptors (Lipinski definition) is 7. The van der Waals surface area contributed by atoms with Crippen molar-refractivity contribution in [2.45, 2.75) is 37.3 Å². The van der Waals surface area contributed by atoms with Gasteiger partial charge in [0.2, 0.25) is 15.8 Å². The molecule has 1 saturated carbocycles. The van der Waals surface area contributed by atoms with E-state index >= 15 is 0 Å². The van der Waals surface area contributed by atoms with E-state index in [0.29, 0.717) is 30.2 Å². The molecule has 3 heterocycles. The van der Waals surface area contributed by atoms with E-state index in [1.54, 1.807) is 17.0 Å². The van der Waals surface area contributed by atoms with E-state index in [0.717, 1.165) is 16.8 Å². The minimum absolute atomic E-state index is 0.114. The Balaban J connectivity index is 1.41. The normalized spacial score (nSPS) is 20.6. The fraction of sp³-hybridized carbons (Fsp3) is 0.400. The minimum Gasteiger partial charge on any atom is -0.483 e. The summed E-state index contributed by atoms with van der Waals surface area (Å²) >= 11 is 0. The van der Waals surface area contributed by atoms with Crippen molar-refractivity contribution in [1.82, 2.24) is 19.1 Å². The Morgan fingerprint density at radius 3 is 2.32 bits per heavy atom. The number of benzene rings is 1. The van der Waals surface area contributed by atoms with Crippen LogP contribution in [0.5, 0.6) is 5.75 Å².